The Morgan fingerprint density at radius 2 is 1.78 bits per heavy atom. The first-order valence-electron chi connectivity index (χ1n) is 2.23. The molecule has 0 aliphatic heterocycles. The van der Waals surface area contributed by atoms with Gasteiger partial charge in [-0.3, -0.25) is 0 Å². The lowest BCUT2D eigenvalue weighted by Crippen LogP contribution is -1.80. The summed E-state index contributed by atoms with van der Waals surface area (Å²) >= 11 is 5.39. The smallest absolute Gasteiger partial charge is 0.222 e. The first-order valence-corrected chi connectivity index (χ1v) is 2.61. The van der Waals surface area contributed by atoms with E-state index in [1.807, 2.05) is 6.92 Å². The highest BCUT2D eigenvalue weighted by atomic mass is 35.5. The van der Waals surface area contributed by atoms with Gasteiger partial charge in [-0.2, -0.15) is 0 Å². The highest BCUT2D eigenvalue weighted by Crippen LogP contribution is 1.97. The average molecular weight is 146 g/mol. The molecule has 0 bridgehead atoms. The van der Waals surface area contributed by atoms with E-state index < -0.39 is 0 Å². The predicted octanol–water partition coefficient (Wildman–Crippen LogP) is 1.60. The van der Waals surface area contributed by atoms with Crippen LogP contribution in [0.1, 0.15) is 5.56 Å². The van der Waals surface area contributed by atoms with Gasteiger partial charge in [-0.05, 0) is 24.1 Å². The molecule has 0 atom stereocenters. The van der Waals surface area contributed by atoms with E-state index in [-0.39, 0.29) is 6.15 Å². The molecule has 0 radical (unpaired) electrons. The maximum absolute atomic E-state index is 5.39. The van der Waals surface area contributed by atoms with Gasteiger partial charge < -0.3 is 6.15 Å². The van der Waals surface area contributed by atoms with Gasteiger partial charge in [0.05, 0.1) is 0 Å². The second kappa shape index (κ2) is 3.37. The van der Waals surface area contributed by atoms with Crippen LogP contribution in [-0.2, 0) is 0 Å². The van der Waals surface area contributed by atoms with Crippen LogP contribution in [0.4, 0.5) is 0 Å². The fraction of sp³-hybridized carbons (Fsp3) is 0.200. The summed E-state index contributed by atoms with van der Waals surface area (Å²) in [4.78, 5) is 7.47. The molecule has 0 aromatic carbocycles. The predicted molar refractivity (Wildman–Crippen MR) is 36.8 cm³/mol. The average Bonchev–Trinajstić information content (AvgIpc) is 1.77. The Morgan fingerprint density at radius 1 is 1.33 bits per heavy atom. The maximum atomic E-state index is 5.39. The molecule has 1 aromatic heterocycles. The third-order valence-corrected chi connectivity index (χ3v) is 0.945. The van der Waals surface area contributed by atoms with Crippen LogP contribution in [0.3, 0.4) is 0 Å². The normalized spacial score (nSPS) is 8.22. The van der Waals surface area contributed by atoms with Gasteiger partial charge in [0.2, 0.25) is 5.28 Å². The van der Waals surface area contributed by atoms with Crippen LogP contribution >= 0.6 is 11.6 Å². The number of nitrogens with zero attached hydrogens (tertiary/aromatic N) is 2. The number of hydrogen-bond acceptors (Lipinski definition) is 3. The van der Waals surface area contributed by atoms with Crippen molar-refractivity contribution in [2.75, 3.05) is 0 Å². The van der Waals surface area contributed by atoms with Crippen molar-refractivity contribution < 1.29 is 0 Å². The van der Waals surface area contributed by atoms with Crippen molar-refractivity contribution in [3.8, 4) is 0 Å². The minimum atomic E-state index is 0. The quantitative estimate of drug-likeness (QED) is 0.564. The summed E-state index contributed by atoms with van der Waals surface area (Å²) < 4.78 is 0. The maximum Gasteiger partial charge on any atom is 0.222 e. The lowest BCUT2D eigenvalue weighted by Gasteiger charge is -1.86. The molecule has 0 saturated carbocycles. The van der Waals surface area contributed by atoms with E-state index in [0.29, 0.717) is 5.28 Å². The minimum absolute atomic E-state index is 0. The van der Waals surface area contributed by atoms with Crippen molar-refractivity contribution in [1.82, 2.24) is 16.1 Å². The minimum Gasteiger partial charge on any atom is -0.344 e. The van der Waals surface area contributed by atoms with Crippen molar-refractivity contribution in [2.45, 2.75) is 6.92 Å². The third-order valence-electron chi connectivity index (χ3n) is 0.749. The monoisotopic (exact) mass is 145 g/mol. The van der Waals surface area contributed by atoms with Gasteiger partial charge in [-0.1, -0.05) is 0 Å². The number of rotatable bonds is 0. The van der Waals surface area contributed by atoms with Crippen LogP contribution in [0.5, 0.6) is 0 Å². The SMILES string of the molecule is Cc1cnc(Cl)nc1.N. The molecule has 1 heterocycles. The fourth-order valence-electron chi connectivity index (χ4n) is 0.377. The van der Waals surface area contributed by atoms with Crippen molar-refractivity contribution in [3.63, 3.8) is 0 Å². The summed E-state index contributed by atoms with van der Waals surface area (Å²) in [6.07, 6.45) is 3.35. The zero-order valence-electron chi connectivity index (χ0n) is 5.13. The van der Waals surface area contributed by atoms with E-state index in [4.69, 9.17) is 11.6 Å². The van der Waals surface area contributed by atoms with E-state index in [9.17, 15) is 0 Å². The van der Waals surface area contributed by atoms with E-state index in [1.165, 1.54) is 0 Å². The second-order valence-electron chi connectivity index (χ2n) is 1.53. The van der Waals surface area contributed by atoms with E-state index in [0.717, 1.165) is 5.56 Å². The molecule has 1 rings (SSSR count). The van der Waals surface area contributed by atoms with Gasteiger partial charge in [-0.15, -0.1) is 0 Å². The Morgan fingerprint density at radius 3 is 2.11 bits per heavy atom. The number of aryl methyl sites for hydroxylation is 1. The zero-order chi connectivity index (χ0) is 5.98. The molecule has 50 valence electrons. The van der Waals surface area contributed by atoms with Crippen LogP contribution in [-0.4, -0.2) is 9.97 Å². The van der Waals surface area contributed by atoms with Crippen LogP contribution in [0.15, 0.2) is 12.4 Å². The summed E-state index contributed by atoms with van der Waals surface area (Å²) in [7, 11) is 0. The Balaban J connectivity index is 0.000000640. The van der Waals surface area contributed by atoms with Crippen molar-refractivity contribution in [1.29, 1.82) is 0 Å². The molecule has 0 unspecified atom stereocenters. The summed E-state index contributed by atoms with van der Waals surface area (Å²) in [6, 6.07) is 0. The van der Waals surface area contributed by atoms with Gasteiger partial charge in [0.1, 0.15) is 0 Å². The van der Waals surface area contributed by atoms with E-state index >= 15 is 0 Å². The molecule has 4 heteroatoms. The molecular formula is C5H8ClN3. The number of halogens is 1. The van der Waals surface area contributed by atoms with Gasteiger partial charge in [-0.25, -0.2) is 9.97 Å². The molecule has 0 saturated heterocycles. The summed E-state index contributed by atoms with van der Waals surface area (Å²) in [5.41, 5.74) is 1.02. The molecule has 0 aliphatic carbocycles. The van der Waals surface area contributed by atoms with Crippen molar-refractivity contribution in [3.05, 3.63) is 23.2 Å². The molecule has 3 nitrogen and oxygen atoms in total. The van der Waals surface area contributed by atoms with Crippen molar-refractivity contribution >= 4 is 11.6 Å². The number of aromatic nitrogens is 2. The highest BCUT2D eigenvalue weighted by Gasteiger charge is 1.84. The van der Waals surface area contributed by atoms with Crippen LogP contribution < -0.4 is 6.15 Å². The Bertz CT molecular complexity index is 151. The molecule has 0 aliphatic rings. The second-order valence-corrected chi connectivity index (χ2v) is 1.87. The van der Waals surface area contributed by atoms with Crippen LogP contribution in [0.25, 0.3) is 0 Å². The van der Waals surface area contributed by atoms with E-state index in [2.05, 4.69) is 9.97 Å². The molecule has 3 N–H and O–H groups in total. The third kappa shape index (κ3) is 2.39. The molecule has 9 heavy (non-hydrogen) atoms. The highest BCUT2D eigenvalue weighted by molar-refractivity contribution is 6.28. The summed E-state index contributed by atoms with van der Waals surface area (Å²) in [5, 5.41) is 0.301. The molecule has 0 amide bonds. The van der Waals surface area contributed by atoms with Crippen molar-refractivity contribution in [2.24, 2.45) is 0 Å². The Hall–Kier alpha value is -0.670. The van der Waals surface area contributed by atoms with Crippen LogP contribution in [0, 0.1) is 6.92 Å². The molecule has 1 aromatic rings. The topological polar surface area (TPSA) is 60.8 Å². The lowest BCUT2D eigenvalue weighted by atomic mass is 10.4. The van der Waals surface area contributed by atoms with Gasteiger partial charge in [0, 0.05) is 12.4 Å². The van der Waals surface area contributed by atoms with Gasteiger partial charge >= 0.3 is 0 Å². The zero-order valence-corrected chi connectivity index (χ0v) is 5.89. The number of hydrogen-bond donors (Lipinski definition) is 1. The Labute approximate surface area is 58.7 Å². The molecule has 0 fully saturated rings. The summed E-state index contributed by atoms with van der Waals surface area (Å²) in [5.74, 6) is 0. The first-order chi connectivity index (χ1) is 3.79. The standard InChI is InChI=1S/C5H5ClN2.H3N/c1-4-2-7-5(6)8-3-4;/h2-3H,1H3;1H3. The van der Waals surface area contributed by atoms with E-state index in [1.54, 1.807) is 12.4 Å². The largest absolute Gasteiger partial charge is 0.344 e. The van der Waals surface area contributed by atoms with Gasteiger partial charge in [0.25, 0.3) is 0 Å². The Kier molecular flexibility index (Phi) is 3.12. The van der Waals surface area contributed by atoms with Crippen LogP contribution in [0.2, 0.25) is 5.28 Å². The fourth-order valence-corrected chi connectivity index (χ4v) is 0.474. The van der Waals surface area contributed by atoms with Gasteiger partial charge in [0.15, 0.2) is 0 Å². The first kappa shape index (κ1) is 8.33. The summed E-state index contributed by atoms with van der Waals surface area (Å²) in [6.45, 7) is 1.91. The lowest BCUT2D eigenvalue weighted by molar-refractivity contribution is 1.13. The molecular weight excluding hydrogens is 138 g/mol. The molecule has 0 spiro atoms.